The molecule has 2 fully saturated rings. The van der Waals surface area contributed by atoms with E-state index in [1.54, 1.807) is 65.4 Å². The number of hydrogen-bond acceptors (Lipinski definition) is 4. The number of urea groups is 1. The molecule has 2 aromatic carbocycles. The molecule has 4 rings (SSSR count). The SMILES string of the molecule is COc1cccc(N2C(=O)N(c3ccc(Cl)cc3)[C@@H]3CS(=O)(=O)C[C@@H]32)c1. The lowest BCUT2D eigenvalue weighted by atomic mass is 10.1. The Morgan fingerprint density at radius 1 is 1.00 bits per heavy atom. The molecule has 2 atom stereocenters. The predicted molar refractivity (Wildman–Crippen MR) is 101 cm³/mol. The zero-order chi connectivity index (χ0) is 18.5. The van der Waals surface area contributed by atoms with Crippen LogP contribution < -0.4 is 14.5 Å². The fourth-order valence-electron chi connectivity index (χ4n) is 3.67. The molecule has 2 saturated heterocycles. The molecule has 8 heteroatoms. The van der Waals surface area contributed by atoms with E-state index < -0.39 is 21.9 Å². The minimum Gasteiger partial charge on any atom is -0.497 e. The van der Waals surface area contributed by atoms with Gasteiger partial charge in [0, 0.05) is 22.5 Å². The van der Waals surface area contributed by atoms with Gasteiger partial charge in [0.25, 0.3) is 0 Å². The van der Waals surface area contributed by atoms with E-state index in [9.17, 15) is 13.2 Å². The highest BCUT2D eigenvalue weighted by Gasteiger charge is 2.54. The van der Waals surface area contributed by atoms with Gasteiger partial charge in [0.1, 0.15) is 5.75 Å². The number of hydrogen-bond donors (Lipinski definition) is 0. The van der Waals surface area contributed by atoms with Crippen molar-refractivity contribution in [3.8, 4) is 5.75 Å². The van der Waals surface area contributed by atoms with E-state index in [-0.39, 0.29) is 17.5 Å². The standard InChI is InChI=1S/C18H17ClN2O4S/c1-25-15-4-2-3-14(9-15)21-17-11-26(23,24)10-16(17)20(18(21)22)13-7-5-12(19)6-8-13/h2-9,16-17H,10-11H2,1H3/t16-,17+/m1/s1. The highest BCUT2D eigenvalue weighted by Crippen LogP contribution is 2.38. The summed E-state index contributed by atoms with van der Waals surface area (Å²) in [6, 6.07) is 12.8. The van der Waals surface area contributed by atoms with Crippen molar-refractivity contribution >= 4 is 38.8 Å². The smallest absolute Gasteiger partial charge is 0.329 e. The zero-order valence-corrected chi connectivity index (χ0v) is 15.6. The van der Waals surface area contributed by atoms with Crippen LogP contribution >= 0.6 is 11.6 Å². The molecule has 2 aliphatic rings. The number of methoxy groups -OCH3 is 1. The number of rotatable bonds is 3. The highest BCUT2D eigenvalue weighted by atomic mass is 35.5. The lowest BCUT2D eigenvalue weighted by molar-refractivity contribution is 0.255. The van der Waals surface area contributed by atoms with Crippen LogP contribution in [0.25, 0.3) is 0 Å². The number of ether oxygens (including phenoxy) is 1. The third kappa shape index (κ3) is 2.81. The molecular formula is C18H17ClN2O4S. The first-order valence-electron chi connectivity index (χ1n) is 8.12. The van der Waals surface area contributed by atoms with Gasteiger partial charge in [0.05, 0.1) is 30.7 Å². The number of benzene rings is 2. The van der Waals surface area contributed by atoms with E-state index in [1.807, 2.05) is 0 Å². The normalized spacial score (nSPS) is 24.0. The summed E-state index contributed by atoms with van der Waals surface area (Å²) in [6.45, 7) is 0. The summed E-state index contributed by atoms with van der Waals surface area (Å²) in [7, 11) is -1.68. The fraction of sp³-hybridized carbons (Fsp3) is 0.278. The van der Waals surface area contributed by atoms with Crippen LogP contribution in [0.1, 0.15) is 0 Å². The van der Waals surface area contributed by atoms with Gasteiger partial charge < -0.3 is 4.74 Å². The van der Waals surface area contributed by atoms with Crippen molar-refractivity contribution in [1.29, 1.82) is 0 Å². The first-order valence-corrected chi connectivity index (χ1v) is 10.3. The second-order valence-electron chi connectivity index (χ2n) is 6.41. The summed E-state index contributed by atoms with van der Waals surface area (Å²) in [5.74, 6) is 0.509. The number of halogens is 1. The van der Waals surface area contributed by atoms with Gasteiger partial charge in [-0.1, -0.05) is 17.7 Å². The Morgan fingerprint density at radius 2 is 1.62 bits per heavy atom. The number of anilines is 2. The minimum absolute atomic E-state index is 0.0491. The molecule has 0 unspecified atom stereocenters. The molecular weight excluding hydrogens is 376 g/mol. The van der Waals surface area contributed by atoms with E-state index in [0.717, 1.165) is 0 Å². The summed E-state index contributed by atoms with van der Waals surface area (Å²) in [5.41, 5.74) is 1.26. The van der Waals surface area contributed by atoms with Crippen LogP contribution in [0.5, 0.6) is 5.75 Å². The lowest BCUT2D eigenvalue weighted by Crippen LogP contribution is -2.37. The molecule has 0 radical (unpaired) electrons. The van der Waals surface area contributed by atoms with Crippen LogP contribution in [-0.2, 0) is 9.84 Å². The molecule has 2 amide bonds. The molecule has 0 bridgehead atoms. The Hall–Kier alpha value is -2.25. The molecule has 136 valence electrons. The highest BCUT2D eigenvalue weighted by molar-refractivity contribution is 7.91. The predicted octanol–water partition coefficient (Wildman–Crippen LogP) is 2.96. The maximum atomic E-state index is 13.2. The molecule has 0 saturated carbocycles. The van der Waals surface area contributed by atoms with Crippen molar-refractivity contribution in [2.24, 2.45) is 0 Å². The van der Waals surface area contributed by atoms with E-state index >= 15 is 0 Å². The average molecular weight is 393 g/mol. The van der Waals surface area contributed by atoms with Crippen molar-refractivity contribution in [2.45, 2.75) is 12.1 Å². The monoisotopic (exact) mass is 392 g/mol. The molecule has 0 spiro atoms. The minimum atomic E-state index is -3.23. The average Bonchev–Trinajstić information content (AvgIpc) is 3.04. The van der Waals surface area contributed by atoms with Gasteiger partial charge >= 0.3 is 6.03 Å². The van der Waals surface area contributed by atoms with Gasteiger partial charge in [-0.3, -0.25) is 9.80 Å². The van der Waals surface area contributed by atoms with Crippen molar-refractivity contribution < 1.29 is 17.9 Å². The summed E-state index contributed by atoms with van der Waals surface area (Å²) in [4.78, 5) is 16.3. The number of sulfone groups is 1. The van der Waals surface area contributed by atoms with Crippen LogP contribution in [-0.4, -0.2) is 45.1 Å². The molecule has 26 heavy (non-hydrogen) atoms. The van der Waals surface area contributed by atoms with Gasteiger partial charge in [-0.05, 0) is 36.4 Å². The topological polar surface area (TPSA) is 66.9 Å². The Balaban J connectivity index is 1.80. The first-order chi connectivity index (χ1) is 12.4. The van der Waals surface area contributed by atoms with Gasteiger partial charge in [-0.25, -0.2) is 13.2 Å². The molecule has 2 heterocycles. The molecule has 2 aliphatic heterocycles. The number of nitrogens with zero attached hydrogens (tertiary/aromatic N) is 2. The Labute approximate surface area is 156 Å². The van der Waals surface area contributed by atoms with Crippen LogP contribution in [0.15, 0.2) is 48.5 Å². The fourth-order valence-corrected chi connectivity index (χ4v) is 5.71. The summed E-state index contributed by atoms with van der Waals surface area (Å²) in [6.07, 6.45) is 0. The maximum Gasteiger partial charge on any atom is 0.329 e. The Bertz CT molecular complexity index is 961. The van der Waals surface area contributed by atoms with Crippen LogP contribution in [0.2, 0.25) is 5.02 Å². The second-order valence-corrected chi connectivity index (χ2v) is 9.00. The molecule has 6 nitrogen and oxygen atoms in total. The largest absolute Gasteiger partial charge is 0.497 e. The van der Waals surface area contributed by atoms with Crippen LogP contribution in [0.3, 0.4) is 0 Å². The van der Waals surface area contributed by atoms with Crippen LogP contribution in [0.4, 0.5) is 16.2 Å². The Morgan fingerprint density at radius 3 is 2.23 bits per heavy atom. The molecule has 0 aromatic heterocycles. The number of amides is 2. The lowest BCUT2D eigenvalue weighted by Gasteiger charge is -2.23. The van der Waals surface area contributed by atoms with Crippen molar-refractivity contribution in [2.75, 3.05) is 28.4 Å². The Kier molecular flexibility index (Phi) is 4.08. The van der Waals surface area contributed by atoms with Crippen molar-refractivity contribution in [3.05, 3.63) is 53.6 Å². The van der Waals surface area contributed by atoms with Crippen LogP contribution in [0, 0.1) is 0 Å². The van der Waals surface area contributed by atoms with Gasteiger partial charge in [0.2, 0.25) is 0 Å². The number of carbonyl (C=O) groups excluding carboxylic acids is 1. The second kappa shape index (κ2) is 6.17. The molecule has 0 N–H and O–H groups in total. The number of fused-ring (bicyclic) bond motifs is 1. The molecule has 2 aromatic rings. The van der Waals surface area contributed by atoms with E-state index in [2.05, 4.69) is 0 Å². The van der Waals surface area contributed by atoms with Gasteiger partial charge in [-0.2, -0.15) is 0 Å². The van der Waals surface area contributed by atoms with E-state index in [4.69, 9.17) is 16.3 Å². The number of carbonyl (C=O) groups is 1. The molecule has 0 aliphatic carbocycles. The summed E-state index contributed by atoms with van der Waals surface area (Å²) < 4.78 is 29.8. The third-order valence-electron chi connectivity index (χ3n) is 4.81. The first kappa shape index (κ1) is 17.2. The van der Waals surface area contributed by atoms with Gasteiger partial charge in [-0.15, -0.1) is 0 Å². The van der Waals surface area contributed by atoms with E-state index in [1.165, 1.54) is 0 Å². The quantitative estimate of drug-likeness (QED) is 0.753. The van der Waals surface area contributed by atoms with Crippen molar-refractivity contribution in [3.63, 3.8) is 0 Å². The van der Waals surface area contributed by atoms with Crippen molar-refractivity contribution in [1.82, 2.24) is 0 Å². The third-order valence-corrected chi connectivity index (χ3v) is 6.76. The van der Waals surface area contributed by atoms with Gasteiger partial charge in [0.15, 0.2) is 9.84 Å². The van der Waals surface area contributed by atoms with E-state index in [0.29, 0.717) is 22.1 Å². The maximum absolute atomic E-state index is 13.2. The zero-order valence-electron chi connectivity index (χ0n) is 14.0. The summed E-state index contributed by atoms with van der Waals surface area (Å²) >= 11 is 5.95. The summed E-state index contributed by atoms with van der Waals surface area (Å²) in [5, 5.41) is 0.556.